The molecular formula is C12H21N3S. The maximum absolute atomic E-state index is 4.79. The highest BCUT2D eigenvalue weighted by molar-refractivity contribution is 7.15. The molecule has 1 saturated carbocycles. The molecule has 0 aliphatic heterocycles. The highest BCUT2D eigenvalue weighted by Gasteiger charge is 2.29. The van der Waals surface area contributed by atoms with Crippen LogP contribution in [0.1, 0.15) is 43.2 Å². The van der Waals surface area contributed by atoms with E-state index in [4.69, 9.17) is 4.98 Å². The van der Waals surface area contributed by atoms with E-state index in [0.717, 1.165) is 12.6 Å². The average Bonchev–Trinajstić information content (AvgIpc) is 2.99. The van der Waals surface area contributed by atoms with Crippen molar-refractivity contribution in [3.8, 4) is 0 Å². The highest BCUT2D eigenvalue weighted by Crippen LogP contribution is 2.35. The summed E-state index contributed by atoms with van der Waals surface area (Å²) in [6, 6.07) is 0.744. The van der Waals surface area contributed by atoms with Crippen LogP contribution < -0.4 is 10.2 Å². The van der Waals surface area contributed by atoms with Crippen molar-refractivity contribution >= 4 is 16.5 Å². The van der Waals surface area contributed by atoms with E-state index in [1.165, 1.54) is 28.5 Å². The second-order valence-electron chi connectivity index (χ2n) is 4.83. The van der Waals surface area contributed by atoms with Gasteiger partial charge in [-0.3, -0.25) is 0 Å². The van der Waals surface area contributed by atoms with Crippen LogP contribution in [0.3, 0.4) is 0 Å². The number of anilines is 1. The van der Waals surface area contributed by atoms with E-state index in [2.05, 4.69) is 31.1 Å². The monoisotopic (exact) mass is 239 g/mol. The van der Waals surface area contributed by atoms with Crippen LogP contribution in [0, 0.1) is 0 Å². The van der Waals surface area contributed by atoms with Gasteiger partial charge in [0.2, 0.25) is 0 Å². The number of nitrogens with zero attached hydrogens (tertiary/aromatic N) is 2. The first-order valence-corrected chi connectivity index (χ1v) is 6.82. The molecule has 1 heterocycles. The lowest BCUT2D eigenvalue weighted by atomic mass is 10.1. The lowest BCUT2D eigenvalue weighted by Gasteiger charge is -2.13. The molecule has 4 heteroatoms. The largest absolute Gasteiger partial charge is 0.348 e. The van der Waals surface area contributed by atoms with Crippen LogP contribution in [-0.2, 0) is 6.54 Å². The predicted octanol–water partition coefficient (Wildman–Crippen LogP) is 2.58. The molecule has 1 aliphatic rings. The lowest BCUT2D eigenvalue weighted by molar-refractivity contribution is 0.768. The first-order valence-electron chi connectivity index (χ1n) is 6.00. The molecule has 2 rings (SSSR count). The Hall–Kier alpha value is -0.610. The van der Waals surface area contributed by atoms with Gasteiger partial charge in [-0.05, 0) is 25.8 Å². The van der Waals surface area contributed by atoms with Gasteiger partial charge in [0.25, 0.3) is 0 Å². The topological polar surface area (TPSA) is 28.2 Å². The van der Waals surface area contributed by atoms with Gasteiger partial charge in [0.15, 0.2) is 5.13 Å². The molecule has 1 aliphatic carbocycles. The summed E-state index contributed by atoms with van der Waals surface area (Å²) in [5.41, 5.74) is 1.27. The van der Waals surface area contributed by atoms with Gasteiger partial charge in [-0.15, -0.1) is 11.3 Å². The fraction of sp³-hybridized carbons (Fsp3) is 0.750. The van der Waals surface area contributed by atoms with Gasteiger partial charge in [-0.2, -0.15) is 0 Å². The molecule has 0 spiro atoms. The molecule has 16 heavy (non-hydrogen) atoms. The van der Waals surface area contributed by atoms with Gasteiger partial charge in [0, 0.05) is 24.5 Å². The molecule has 0 aromatic carbocycles. The standard InChI is InChI=1S/C12H21N3S/c1-8(2)11-10(7-13-3)16-12(14-11)15(4)9-5-6-9/h8-9,13H,5-7H2,1-4H3. The summed E-state index contributed by atoms with van der Waals surface area (Å²) in [5.74, 6) is 0.515. The summed E-state index contributed by atoms with van der Waals surface area (Å²) >= 11 is 1.84. The Kier molecular flexibility index (Phi) is 3.50. The molecule has 0 atom stereocenters. The molecular weight excluding hydrogens is 218 g/mol. The molecule has 0 bridgehead atoms. The fourth-order valence-corrected chi connectivity index (χ4v) is 3.12. The molecule has 1 fully saturated rings. The quantitative estimate of drug-likeness (QED) is 0.856. The van der Waals surface area contributed by atoms with Gasteiger partial charge in [0.1, 0.15) is 0 Å². The van der Waals surface area contributed by atoms with Crippen LogP contribution in [0.15, 0.2) is 0 Å². The number of thiazole rings is 1. The number of hydrogen-bond acceptors (Lipinski definition) is 4. The van der Waals surface area contributed by atoms with Crippen LogP contribution in [0.5, 0.6) is 0 Å². The highest BCUT2D eigenvalue weighted by atomic mass is 32.1. The molecule has 1 N–H and O–H groups in total. The number of hydrogen-bond donors (Lipinski definition) is 1. The minimum atomic E-state index is 0.515. The Morgan fingerprint density at radius 2 is 2.19 bits per heavy atom. The maximum Gasteiger partial charge on any atom is 0.185 e. The van der Waals surface area contributed by atoms with Gasteiger partial charge >= 0.3 is 0 Å². The molecule has 0 saturated heterocycles. The Bertz CT molecular complexity index is 355. The third-order valence-corrected chi connectivity index (χ3v) is 4.16. The summed E-state index contributed by atoms with van der Waals surface area (Å²) in [7, 11) is 4.16. The summed E-state index contributed by atoms with van der Waals surface area (Å²) in [4.78, 5) is 8.53. The summed E-state index contributed by atoms with van der Waals surface area (Å²) in [6.45, 7) is 5.37. The van der Waals surface area contributed by atoms with Gasteiger partial charge in [0.05, 0.1) is 5.69 Å². The van der Waals surface area contributed by atoms with Gasteiger partial charge < -0.3 is 10.2 Å². The van der Waals surface area contributed by atoms with E-state index in [9.17, 15) is 0 Å². The minimum Gasteiger partial charge on any atom is -0.348 e. The zero-order chi connectivity index (χ0) is 11.7. The molecule has 0 radical (unpaired) electrons. The summed E-state index contributed by atoms with van der Waals surface area (Å²) < 4.78 is 0. The third-order valence-electron chi connectivity index (χ3n) is 3.00. The van der Waals surface area contributed by atoms with E-state index in [1.807, 2.05) is 18.4 Å². The van der Waals surface area contributed by atoms with Crippen LogP contribution in [0.2, 0.25) is 0 Å². The van der Waals surface area contributed by atoms with Crippen LogP contribution >= 0.6 is 11.3 Å². The SMILES string of the molecule is CNCc1sc(N(C)C2CC2)nc1C(C)C. The molecule has 1 aromatic rings. The molecule has 0 amide bonds. The Balaban J connectivity index is 2.22. The first-order chi connectivity index (χ1) is 7.63. The van der Waals surface area contributed by atoms with Crippen molar-refractivity contribution in [1.82, 2.24) is 10.3 Å². The van der Waals surface area contributed by atoms with E-state index in [-0.39, 0.29) is 0 Å². The number of nitrogens with one attached hydrogen (secondary N) is 1. The van der Waals surface area contributed by atoms with Gasteiger partial charge in [-0.1, -0.05) is 13.8 Å². The van der Waals surface area contributed by atoms with Crippen molar-refractivity contribution < 1.29 is 0 Å². The predicted molar refractivity (Wildman–Crippen MR) is 70.4 cm³/mol. The van der Waals surface area contributed by atoms with Crippen LogP contribution in [-0.4, -0.2) is 25.1 Å². The van der Waals surface area contributed by atoms with Gasteiger partial charge in [-0.25, -0.2) is 4.98 Å². The Morgan fingerprint density at radius 3 is 2.69 bits per heavy atom. The van der Waals surface area contributed by atoms with E-state index < -0.39 is 0 Å². The van der Waals surface area contributed by atoms with Crippen LogP contribution in [0.4, 0.5) is 5.13 Å². The first kappa shape index (κ1) is 11.9. The molecule has 90 valence electrons. The number of aromatic nitrogens is 1. The van der Waals surface area contributed by atoms with Crippen molar-refractivity contribution in [3.05, 3.63) is 10.6 Å². The zero-order valence-electron chi connectivity index (χ0n) is 10.6. The summed E-state index contributed by atoms with van der Waals surface area (Å²) in [6.07, 6.45) is 2.66. The molecule has 3 nitrogen and oxygen atoms in total. The van der Waals surface area contributed by atoms with Crippen molar-refractivity contribution in [3.63, 3.8) is 0 Å². The van der Waals surface area contributed by atoms with E-state index >= 15 is 0 Å². The molecule has 1 aromatic heterocycles. The molecule has 0 unspecified atom stereocenters. The summed E-state index contributed by atoms with van der Waals surface area (Å²) in [5, 5.41) is 4.42. The number of rotatable bonds is 5. The van der Waals surface area contributed by atoms with E-state index in [0.29, 0.717) is 5.92 Å². The van der Waals surface area contributed by atoms with Crippen molar-refractivity contribution in [1.29, 1.82) is 0 Å². The third kappa shape index (κ3) is 2.38. The fourth-order valence-electron chi connectivity index (χ4n) is 1.86. The van der Waals surface area contributed by atoms with Crippen molar-refractivity contribution in [2.75, 3.05) is 19.0 Å². The Morgan fingerprint density at radius 1 is 1.50 bits per heavy atom. The Labute approximate surface area is 102 Å². The second kappa shape index (κ2) is 4.72. The van der Waals surface area contributed by atoms with E-state index in [1.54, 1.807) is 0 Å². The van der Waals surface area contributed by atoms with Crippen LogP contribution in [0.25, 0.3) is 0 Å². The zero-order valence-corrected chi connectivity index (χ0v) is 11.4. The minimum absolute atomic E-state index is 0.515. The smallest absolute Gasteiger partial charge is 0.185 e. The second-order valence-corrected chi connectivity index (χ2v) is 5.89. The van der Waals surface area contributed by atoms with Crippen molar-refractivity contribution in [2.24, 2.45) is 0 Å². The normalized spacial score (nSPS) is 15.8. The maximum atomic E-state index is 4.79. The van der Waals surface area contributed by atoms with Crippen molar-refractivity contribution in [2.45, 2.75) is 45.2 Å². The lowest BCUT2D eigenvalue weighted by Crippen LogP contribution is -2.19. The average molecular weight is 239 g/mol.